The molecule has 5 heteroatoms. The minimum Gasteiger partial charge on any atom is -0.345 e. The van der Waals surface area contributed by atoms with Crippen LogP contribution >= 0.6 is 11.6 Å². The van der Waals surface area contributed by atoms with E-state index in [0.717, 1.165) is 5.56 Å². The van der Waals surface area contributed by atoms with Crippen LogP contribution in [0.4, 0.5) is 8.78 Å². The highest BCUT2D eigenvalue weighted by atomic mass is 35.5. The maximum Gasteiger partial charge on any atom is 0.315 e. The molecule has 1 N–H and O–H groups in total. The van der Waals surface area contributed by atoms with Crippen molar-refractivity contribution < 1.29 is 13.6 Å². The van der Waals surface area contributed by atoms with Crippen LogP contribution in [0.3, 0.4) is 0 Å². The number of amides is 1. The van der Waals surface area contributed by atoms with Crippen LogP contribution in [-0.4, -0.2) is 12.3 Å². The Hall–Kier alpha value is -1.16. The van der Waals surface area contributed by atoms with Crippen molar-refractivity contribution in [3.63, 3.8) is 0 Å². The Kier molecular flexibility index (Phi) is 4.03. The van der Waals surface area contributed by atoms with Gasteiger partial charge in [-0.25, -0.2) is 0 Å². The van der Waals surface area contributed by atoms with Gasteiger partial charge < -0.3 is 5.32 Å². The highest BCUT2D eigenvalue weighted by molar-refractivity contribution is 6.30. The topological polar surface area (TPSA) is 29.1 Å². The van der Waals surface area contributed by atoms with Gasteiger partial charge in [-0.15, -0.1) is 0 Å². The lowest BCUT2D eigenvalue weighted by Gasteiger charge is -2.13. The number of nitrogens with one attached hydrogen (secondary N) is 1. The molecule has 0 fully saturated rings. The third-order valence-corrected chi connectivity index (χ3v) is 2.18. The second-order valence-corrected chi connectivity index (χ2v) is 3.52. The first-order chi connectivity index (χ1) is 7.00. The van der Waals surface area contributed by atoms with Crippen LogP contribution in [0.15, 0.2) is 24.3 Å². The highest BCUT2D eigenvalue weighted by Crippen LogP contribution is 2.16. The zero-order chi connectivity index (χ0) is 11.4. The summed E-state index contributed by atoms with van der Waals surface area (Å²) in [4.78, 5) is 10.7. The van der Waals surface area contributed by atoms with Gasteiger partial charge in [-0.1, -0.05) is 23.7 Å². The molecule has 0 bridgehead atoms. The van der Waals surface area contributed by atoms with Gasteiger partial charge in [-0.05, 0) is 24.6 Å². The fourth-order valence-corrected chi connectivity index (χ4v) is 1.24. The fraction of sp³-hybridized carbons (Fsp3) is 0.300. The summed E-state index contributed by atoms with van der Waals surface area (Å²) in [7, 11) is 0. The van der Waals surface area contributed by atoms with Gasteiger partial charge >= 0.3 is 6.43 Å². The average molecular weight is 234 g/mol. The van der Waals surface area contributed by atoms with E-state index in [1.807, 2.05) is 0 Å². The summed E-state index contributed by atoms with van der Waals surface area (Å²) < 4.78 is 23.9. The monoisotopic (exact) mass is 233 g/mol. The smallest absolute Gasteiger partial charge is 0.315 e. The molecule has 1 rings (SSSR count). The summed E-state index contributed by atoms with van der Waals surface area (Å²) in [5, 5.41) is 2.74. The molecule has 0 radical (unpaired) electrons. The number of carbonyl (C=O) groups excluding carboxylic acids is 1. The Labute approximate surface area is 91.2 Å². The van der Waals surface area contributed by atoms with E-state index in [2.05, 4.69) is 5.32 Å². The first kappa shape index (κ1) is 11.9. The molecule has 0 aromatic heterocycles. The number of hydrogen-bond acceptors (Lipinski definition) is 1. The predicted octanol–water partition coefficient (Wildman–Crippen LogP) is 2.78. The van der Waals surface area contributed by atoms with Gasteiger partial charge in [-0.3, -0.25) is 4.79 Å². The maximum absolute atomic E-state index is 11.9. The lowest BCUT2D eigenvalue weighted by Crippen LogP contribution is -2.31. The van der Waals surface area contributed by atoms with Crippen LogP contribution in [0.5, 0.6) is 0 Å². The Morgan fingerprint density at radius 1 is 1.33 bits per heavy atom. The molecule has 1 unspecified atom stereocenters. The quantitative estimate of drug-likeness (QED) is 0.855. The number of benzene rings is 1. The predicted molar refractivity (Wildman–Crippen MR) is 54.0 cm³/mol. The molecule has 1 aromatic carbocycles. The van der Waals surface area contributed by atoms with Crippen molar-refractivity contribution >= 4 is 17.5 Å². The molecule has 2 nitrogen and oxygen atoms in total. The van der Waals surface area contributed by atoms with Gasteiger partial charge in [0.05, 0.1) is 6.04 Å². The molecular formula is C10H10ClF2NO. The van der Waals surface area contributed by atoms with Crippen LogP contribution in [0, 0.1) is 0 Å². The number of rotatable bonds is 3. The van der Waals surface area contributed by atoms with Crippen LogP contribution in [0.25, 0.3) is 0 Å². The molecule has 0 aliphatic carbocycles. The van der Waals surface area contributed by atoms with E-state index in [4.69, 9.17) is 11.6 Å². The van der Waals surface area contributed by atoms with Crippen LogP contribution in [0.1, 0.15) is 18.5 Å². The maximum atomic E-state index is 11.9. The Bertz CT molecular complexity index is 340. The second-order valence-electron chi connectivity index (χ2n) is 3.08. The number of halogens is 3. The molecule has 1 amide bonds. The summed E-state index contributed by atoms with van der Waals surface area (Å²) in [5.74, 6) is -1.27. The summed E-state index contributed by atoms with van der Waals surface area (Å²) in [6.07, 6.45) is -2.99. The molecule has 0 aliphatic rings. The van der Waals surface area contributed by atoms with Crippen LogP contribution in [-0.2, 0) is 4.79 Å². The van der Waals surface area contributed by atoms with E-state index in [-0.39, 0.29) is 0 Å². The lowest BCUT2D eigenvalue weighted by molar-refractivity contribution is -0.132. The van der Waals surface area contributed by atoms with Crippen molar-refractivity contribution in [1.82, 2.24) is 5.32 Å². The zero-order valence-corrected chi connectivity index (χ0v) is 8.76. The zero-order valence-electron chi connectivity index (χ0n) is 8.01. The van der Waals surface area contributed by atoms with Crippen molar-refractivity contribution in [1.29, 1.82) is 0 Å². The molecule has 0 aliphatic heterocycles. The van der Waals surface area contributed by atoms with Crippen molar-refractivity contribution in [2.45, 2.75) is 19.4 Å². The second kappa shape index (κ2) is 5.07. The third-order valence-electron chi connectivity index (χ3n) is 1.93. The van der Waals surface area contributed by atoms with Crippen molar-refractivity contribution in [2.24, 2.45) is 0 Å². The Morgan fingerprint density at radius 2 is 1.87 bits per heavy atom. The van der Waals surface area contributed by atoms with E-state index in [1.54, 1.807) is 31.2 Å². The highest BCUT2D eigenvalue weighted by Gasteiger charge is 2.17. The van der Waals surface area contributed by atoms with E-state index in [1.165, 1.54) is 0 Å². The summed E-state index contributed by atoms with van der Waals surface area (Å²) in [6, 6.07) is 6.19. The molecule has 1 aromatic rings. The van der Waals surface area contributed by atoms with E-state index >= 15 is 0 Å². The number of carbonyl (C=O) groups is 1. The molecule has 82 valence electrons. The average Bonchev–Trinajstić information content (AvgIpc) is 2.18. The van der Waals surface area contributed by atoms with E-state index < -0.39 is 18.4 Å². The lowest BCUT2D eigenvalue weighted by atomic mass is 10.1. The summed E-state index contributed by atoms with van der Waals surface area (Å²) in [6.45, 7) is 1.63. The number of alkyl halides is 2. The van der Waals surface area contributed by atoms with Gasteiger partial charge in [-0.2, -0.15) is 8.78 Å². The molecule has 0 heterocycles. The molecule has 0 spiro atoms. The first-order valence-corrected chi connectivity index (χ1v) is 4.72. The molecule has 0 saturated carbocycles. The molecule has 0 saturated heterocycles. The summed E-state index contributed by atoms with van der Waals surface area (Å²) >= 11 is 5.67. The van der Waals surface area contributed by atoms with Gasteiger partial charge in [0.2, 0.25) is 0 Å². The van der Waals surface area contributed by atoms with Gasteiger partial charge in [0, 0.05) is 5.02 Å². The normalized spacial score (nSPS) is 12.6. The minimum atomic E-state index is -2.99. The summed E-state index contributed by atoms with van der Waals surface area (Å²) in [5.41, 5.74) is 0.730. The molecule has 1 atom stereocenters. The largest absolute Gasteiger partial charge is 0.345 e. The van der Waals surface area contributed by atoms with Crippen molar-refractivity contribution in [3.05, 3.63) is 34.9 Å². The van der Waals surface area contributed by atoms with Crippen molar-refractivity contribution in [2.75, 3.05) is 0 Å². The van der Waals surface area contributed by atoms with Gasteiger partial charge in [0.15, 0.2) is 0 Å². The molecule has 15 heavy (non-hydrogen) atoms. The number of hydrogen-bond donors (Lipinski definition) is 1. The van der Waals surface area contributed by atoms with Crippen LogP contribution < -0.4 is 5.32 Å². The Morgan fingerprint density at radius 3 is 2.33 bits per heavy atom. The van der Waals surface area contributed by atoms with Crippen molar-refractivity contribution in [3.8, 4) is 0 Å². The minimum absolute atomic E-state index is 0.455. The standard InChI is InChI=1S/C10H10ClF2NO/c1-6(14-10(15)9(12)13)7-2-4-8(11)5-3-7/h2-6,9H,1H3,(H,14,15). The SMILES string of the molecule is CC(NC(=O)C(F)F)c1ccc(Cl)cc1. The van der Waals surface area contributed by atoms with Gasteiger partial charge in [0.1, 0.15) is 0 Å². The first-order valence-electron chi connectivity index (χ1n) is 4.34. The third kappa shape index (κ3) is 3.47. The fourth-order valence-electron chi connectivity index (χ4n) is 1.11. The van der Waals surface area contributed by atoms with E-state index in [0.29, 0.717) is 5.02 Å². The van der Waals surface area contributed by atoms with Gasteiger partial charge in [0.25, 0.3) is 5.91 Å². The molecular weight excluding hydrogens is 224 g/mol. The van der Waals surface area contributed by atoms with E-state index in [9.17, 15) is 13.6 Å². The van der Waals surface area contributed by atoms with Crippen LogP contribution in [0.2, 0.25) is 5.02 Å². The Balaban J connectivity index is 2.65.